The van der Waals surface area contributed by atoms with Crippen molar-refractivity contribution < 1.29 is 13.9 Å². The summed E-state index contributed by atoms with van der Waals surface area (Å²) >= 11 is 0. The van der Waals surface area contributed by atoms with E-state index in [0.717, 1.165) is 51.7 Å². The van der Waals surface area contributed by atoms with Crippen LogP contribution in [0.25, 0.3) is 0 Å². The summed E-state index contributed by atoms with van der Waals surface area (Å²) in [6.45, 7) is 8.24. The lowest BCUT2D eigenvalue weighted by molar-refractivity contribution is 0.0184. The van der Waals surface area contributed by atoms with Crippen molar-refractivity contribution in [2.75, 3.05) is 19.6 Å². The molecule has 0 aromatic heterocycles. The van der Waals surface area contributed by atoms with Gasteiger partial charge in [-0.05, 0) is 95.0 Å². The molecule has 154 valence electrons. The first-order valence-corrected chi connectivity index (χ1v) is 10.8. The third-order valence-electron chi connectivity index (χ3n) is 6.67. The predicted octanol–water partition coefficient (Wildman–Crippen LogP) is 4.41. The maximum Gasteiger partial charge on any atom is 0.410 e. The lowest BCUT2D eigenvalue weighted by Crippen LogP contribution is -2.43. The minimum absolute atomic E-state index is 0.111. The fourth-order valence-corrected chi connectivity index (χ4v) is 5.06. The van der Waals surface area contributed by atoms with Crippen molar-refractivity contribution in [3.05, 3.63) is 35.1 Å². The zero-order valence-electron chi connectivity index (χ0n) is 17.4. The standard InChI is InChI=1S/C23H33FN2O2/c1-22(2,3)28-21(27)26-11-8-16(9-12-26)15-25-20-14-23(20)10-4-5-17-6-7-18(24)13-19(17)23/h6-7,13,16,20,25H,4-5,8-12,14-15H2,1-3H3. The van der Waals surface area contributed by atoms with Crippen molar-refractivity contribution in [1.29, 1.82) is 0 Å². The molecule has 2 aliphatic carbocycles. The molecule has 0 bridgehead atoms. The van der Waals surface area contributed by atoms with E-state index < -0.39 is 5.60 Å². The van der Waals surface area contributed by atoms with Crippen molar-refractivity contribution in [3.63, 3.8) is 0 Å². The molecule has 1 N–H and O–H groups in total. The lowest BCUT2D eigenvalue weighted by Gasteiger charge is -2.34. The summed E-state index contributed by atoms with van der Waals surface area (Å²) < 4.78 is 19.3. The molecule has 1 amide bonds. The van der Waals surface area contributed by atoms with Gasteiger partial charge in [0.1, 0.15) is 11.4 Å². The van der Waals surface area contributed by atoms with E-state index in [9.17, 15) is 9.18 Å². The second-order valence-corrected chi connectivity index (χ2v) is 9.89. The summed E-state index contributed by atoms with van der Waals surface area (Å²) in [6.07, 6.45) is 6.39. The summed E-state index contributed by atoms with van der Waals surface area (Å²) in [4.78, 5) is 14.0. The SMILES string of the molecule is CC(C)(C)OC(=O)N1CCC(CNC2CC23CCCc2ccc(F)cc23)CC1. The lowest BCUT2D eigenvalue weighted by atomic mass is 9.79. The molecule has 1 saturated carbocycles. The Labute approximate surface area is 167 Å². The van der Waals surface area contributed by atoms with E-state index >= 15 is 0 Å². The second-order valence-electron chi connectivity index (χ2n) is 9.89. The maximum atomic E-state index is 13.8. The highest BCUT2D eigenvalue weighted by Crippen LogP contribution is 2.55. The van der Waals surface area contributed by atoms with Crippen LogP contribution in [-0.4, -0.2) is 42.3 Å². The number of piperidine rings is 1. The van der Waals surface area contributed by atoms with Crippen LogP contribution < -0.4 is 5.32 Å². The van der Waals surface area contributed by atoms with Crippen molar-refractivity contribution in [3.8, 4) is 0 Å². The minimum Gasteiger partial charge on any atom is -0.444 e. The highest BCUT2D eigenvalue weighted by Gasteiger charge is 2.56. The van der Waals surface area contributed by atoms with Crippen LogP contribution in [0, 0.1) is 11.7 Å². The van der Waals surface area contributed by atoms with Crippen molar-refractivity contribution >= 4 is 6.09 Å². The number of hydrogen-bond acceptors (Lipinski definition) is 3. The van der Waals surface area contributed by atoms with Gasteiger partial charge in [-0.15, -0.1) is 0 Å². The van der Waals surface area contributed by atoms with Crippen LogP contribution >= 0.6 is 0 Å². The van der Waals surface area contributed by atoms with E-state index in [1.54, 1.807) is 12.1 Å². The van der Waals surface area contributed by atoms with Crippen LogP contribution in [0.1, 0.15) is 64.0 Å². The molecule has 1 aromatic rings. The van der Waals surface area contributed by atoms with E-state index in [0.29, 0.717) is 12.0 Å². The summed E-state index contributed by atoms with van der Waals surface area (Å²) in [5, 5.41) is 3.77. The second kappa shape index (κ2) is 7.33. The average Bonchev–Trinajstić information content (AvgIpc) is 3.33. The molecule has 2 unspecified atom stereocenters. The topological polar surface area (TPSA) is 41.6 Å². The Morgan fingerprint density at radius 1 is 1.32 bits per heavy atom. The Bertz CT molecular complexity index is 737. The predicted molar refractivity (Wildman–Crippen MR) is 108 cm³/mol. The molecule has 0 radical (unpaired) electrons. The van der Waals surface area contributed by atoms with Gasteiger partial charge in [-0.1, -0.05) is 6.07 Å². The molecular formula is C23H33FN2O2. The molecule has 1 heterocycles. The van der Waals surface area contributed by atoms with Gasteiger partial charge in [-0.25, -0.2) is 9.18 Å². The largest absolute Gasteiger partial charge is 0.444 e. The van der Waals surface area contributed by atoms with Gasteiger partial charge in [0.15, 0.2) is 0 Å². The van der Waals surface area contributed by atoms with Crippen molar-refractivity contribution in [2.24, 2.45) is 5.92 Å². The highest BCUT2D eigenvalue weighted by molar-refractivity contribution is 5.68. The van der Waals surface area contributed by atoms with Crippen LogP contribution in [0.5, 0.6) is 0 Å². The van der Waals surface area contributed by atoms with E-state index in [2.05, 4.69) is 5.32 Å². The molecule has 1 aromatic carbocycles. The number of amides is 1. The van der Waals surface area contributed by atoms with Gasteiger partial charge >= 0.3 is 6.09 Å². The van der Waals surface area contributed by atoms with E-state index in [-0.39, 0.29) is 17.3 Å². The third kappa shape index (κ3) is 4.05. The molecule has 4 rings (SSSR count). The van der Waals surface area contributed by atoms with Gasteiger partial charge in [0.2, 0.25) is 0 Å². The Balaban J connectivity index is 1.27. The van der Waals surface area contributed by atoms with Crippen LogP contribution in [-0.2, 0) is 16.6 Å². The number of nitrogens with zero attached hydrogens (tertiary/aromatic N) is 1. The van der Waals surface area contributed by atoms with E-state index in [1.807, 2.05) is 31.7 Å². The monoisotopic (exact) mass is 388 g/mol. The Hall–Kier alpha value is -1.62. The van der Waals surface area contributed by atoms with Gasteiger partial charge in [0.25, 0.3) is 0 Å². The fourth-order valence-electron chi connectivity index (χ4n) is 5.06. The van der Waals surface area contributed by atoms with Gasteiger partial charge in [0.05, 0.1) is 0 Å². The molecule has 2 fully saturated rings. The summed E-state index contributed by atoms with van der Waals surface area (Å²) in [6, 6.07) is 5.82. The number of halogens is 1. The number of aryl methyl sites for hydroxylation is 1. The molecule has 4 nitrogen and oxygen atoms in total. The first-order chi connectivity index (χ1) is 13.3. The molecular weight excluding hydrogens is 355 g/mol. The zero-order chi connectivity index (χ0) is 19.9. The number of nitrogens with one attached hydrogen (secondary N) is 1. The van der Waals surface area contributed by atoms with Crippen molar-refractivity contribution in [2.45, 2.75) is 76.4 Å². The van der Waals surface area contributed by atoms with Gasteiger partial charge in [-0.2, -0.15) is 0 Å². The normalized spacial score (nSPS) is 27.6. The van der Waals surface area contributed by atoms with E-state index in [1.165, 1.54) is 17.5 Å². The van der Waals surface area contributed by atoms with Crippen LogP contribution in [0.4, 0.5) is 9.18 Å². The zero-order valence-corrected chi connectivity index (χ0v) is 17.4. The van der Waals surface area contributed by atoms with E-state index in [4.69, 9.17) is 4.74 Å². The first kappa shape index (κ1) is 19.7. The smallest absolute Gasteiger partial charge is 0.410 e. The quantitative estimate of drug-likeness (QED) is 0.834. The molecule has 3 aliphatic rings. The van der Waals surface area contributed by atoms with Gasteiger partial charge < -0.3 is 15.0 Å². The molecule has 1 aliphatic heterocycles. The number of ether oxygens (including phenoxy) is 1. The third-order valence-corrected chi connectivity index (χ3v) is 6.67. The van der Waals surface area contributed by atoms with Gasteiger partial charge in [-0.3, -0.25) is 0 Å². The number of carbonyl (C=O) groups is 1. The fraction of sp³-hybridized carbons (Fsp3) is 0.696. The Morgan fingerprint density at radius 3 is 2.79 bits per heavy atom. The van der Waals surface area contributed by atoms with Crippen LogP contribution in [0.3, 0.4) is 0 Å². The highest BCUT2D eigenvalue weighted by atomic mass is 19.1. The number of fused-ring (bicyclic) bond motifs is 2. The number of benzene rings is 1. The maximum absolute atomic E-state index is 13.8. The number of carbonyl (C=O) groups excluding carboxylic acids is 1. The molecule has 2 atom stereocenters. The number of hydrogen-bond donors (Lipinski definition) is 1. The average molecular weight is 389 g/mol. The van der Waals surface area contributed by atoms with Crippen molar-refractivity contribution in [1.82, 2.24) is 10.2 Å². The summed E-state index contributed by atoms with van der Waals surface area (Å²) in [5.41, 5.74) is 2.30. The van der Waals surface area contributed by atoms with Crippen LogP contribution in [0.15, 0.2) is 18.2 Å². The minimum atomic E-state index is -0.439. The first-order valence-electron chi connectivity index (χ1n) is 10.8. The number of rotatable bonds is 3. The van der Waals surface area contributed by atoms with Gasteiger partial charge in [0, 0.05) is 24.5 Å². The van der Waals surface area contributed by atoms with Crippen LogP contribution in [0.2, 0.25) is 0 Å². The molecule has 1 spiro atoms. The summed E-state index contributed by atoms with van der Waals surface area (Å²) in [5.74, 6) is 0.479. The Kier molecular flexibility index (Phi) is 5.15. The molecule has 28 heavy (non-hydrogen) atoms. The summed E-state index contributed by atoms with van der Waals surface area (Å²) in [7, 11) is 0. The molecule has 5 heteroatoms. The Morgan fingerprint density at radius 2 is 2.07 bits per heavy atom. The number of likely N-dealkylation sites (tertiary alicyclic amines) is 1. The molecule has 1 saturated heterocycles.